The maximum absolute atomic E-state index is 10.5. The lowest BCUT2D eigenvalue weighted by atomic mass is 9.82. The summed E-state index contributed by atoms with van der Waals surface area (Å²) in [5, 5.41) is 14.1. The van der Waals surface area contributed by atoms with Gasteiger partial charge in [0.05, 0.1) is 18.8 Å². The first-order chi connectivity index (χ1) is 10.8. The van der Waals surface area contributed by atoms with Crippen LogP contribution in [0.2, 0.25) is 0 Å². The lowest BCUT2D eigenvalue weighted by Gasteiger charge is -2.43. The third kappa shape index (κ3) is 2.07. The van der Waals surface area contributed by atoms with E-state index in [4.69, 9.17) is 9.47 Å². The Morgan fingerprint density at radius 3 is 2.59 bits per heavy atom. The van der Waals surface area contributed by atoms with Crippen molar-refractivity contribution >= 4 is 5.69 Å². The summed E-state index contributed by atoms with van der Waals surface area (Å²) in [5.74, 6) is 0.851. The van der Waals surface area contributed by atoms with Gasteiger partial charge >= 0.3 is 0 Å². The molecule has 4 rings (SSSR count). The molecule has 4 nitrogen and oxygen atoms in total. The number of hydrogen-bond acceptors (Lipinski definition) is 4. The second kappa shape index (κ2) is 5.30. The second-order valence-corrected chi connectivity index (χ2v) is 5.88. The molecule has 1 saturated heterocycles. The number of anilines is 1. The molecule has 4 heteroatoms. The molecule has 1 fully saturated rings. The molecular formula is C18H19NO3. The fraction of sp³-hybridized carbons (Fsp3) is 0.333. The van der Waals surface area contributed by atoms with E-state index in [9.17, 15) is 5.11 Å². The van der Waals surface area contributed by atoms with E-state index in [2.05, 4.69) is 5.32 Å². The van der Waals surface area contributed by atoms with Gasteiger partial charge in [-0.1, -0.05) is 36.4 Å². The normalized spacial score (nSPS) is 29.9. The summed E-state index contributed by atoms with van der Waals surface area (Å²) in [6, 6.07) is 17.8. The quantitative estimate of drug-likeness (QED) is 0.895. The number of para-hydroxylation sites is 2. The van der Waals surface area contributed by atoms with E-state index < -0.39 is 11.7 Å². The zero-order chi connectivity index (χ0) is 15.0. The SMILES string of the molecule is OC1CCOC12COc1ccccc1C2Nc1ccccc1. The van der Waals surface area contributed by atoms with Crippen LogP contribution in [0.1, 0.15) is 18.0 Å². The zero-order valence-electron chi connectivity index (χ0n) is 12.2. The van der Waals surface area contributed by atoms with E-state index in [-0.39, 0.29) is 6.04 Å². The largest absolute Gasteiger partial charge is 0.490 e. The number of benzene rings is 2. The van der Waals surface area contributed by atoms with Gasteiger partial charge in [0.25, 0.3) is 0 Å². The van der Waals surface area contributed by atoms with Crippen LogP contribution in [0.15, 0.2) is 54.6 Å². The predicted molar refractivity (Wildman–Crippen MR) is 84.0 cm³/mol. The van der Waals surface area contributed by atoms with Crippen LogP contribution < -0.4 is 10.1 Å². The first-order valence-corrected chi connectivity index (χ1v) is 7.65. The Labute approximate surface area is 129 Å². The van der Waals surface area contributed by atoms with E-state index in [0.29, 0.717) is 19.6 Å². The van der Waals surface area contributed by atoms with Gasteiger partial charge in [-0.25, -0.2) is 0 Å². The molecule has 0 bridgehead atoms. The number of ether oxygens (including phenoxy) is 2. The van der Waals surface area contributed by atoms with Gasteiger partial charge in [-0.2, -0.15) is 0 Å². The topological polar surface area (TPSA) is 50.7 Å². The Bertz CT molecular complexity index is 660. The van der Waals surface area contributed by atoms with Gasteiger partial charge in [0.2, 0.25) is 0 Å². The van der Waals surface area contributed by atoms with Gasteiger partial charge in [0.1, 0.15) is 12.4 Å². The summed E-state index contributed by atoms with van der Waals surface area (Å²) in [6.45, 7) is 0.912. The molecule has 2 aliphatic heterocycles. The summed E-state index contributed by atoms with van der Waals surface area (Å²) in [6.07, 6.45) is 0.0976. The van der Waals surface area contributed by atoms with E-state index >= 15 is 0 Å². The molecule has 1 spiro atoms. The van der Waals surface area contributed by atoms with Crippen molar-refractivity contribution in [3.8, 4) is 5.75 Å². The molecule has 3 atom stereocenters. The summed E-state index contributed by atoms with van der Waals surface area (Å²) < 4.78 is 11.9. The van der Waals surface area contributed by atoms with Crippen molar-refractivity contribution in [2.24, 2.45) is 0 Å². The van der Waals surface area contributed by atoms with Gasteiger partial charge in [0, 0.05) is 11.3 Å². The number of rotatable bonds is 2. The molecule has 2 N–H and O–H groups in total. The van der Waals surface area contributed by atoms with Crippen molar-refractivity contribution in [3.05, 3.63) is 60.2 Å². The van der Waals surface area contributed by atoms with Crippen LogP contribution >= 0.6 is 0 Å². The highest BCUT2D eigenvalue weighted by Crippen LogP contribution is 2.46. The van der Waals surface area contributed by atoms with Crippen LogP contribution in [-0.2, 0) is 4.74 Å². The molecule has 2 aromatic rings. The Morgan fingerprint density at radius 2 is 1.82 bits per heavy atom. The van der Waals surface area contributed by atoms with Crippen molar-refractivity contribution in [3.63, 3.8) is 0 Å². The van der Waals surface area contributed by atoms with Gasteiger partial charge in [-0.05, 0) is 24.6 Å². The maximum Gasteiger partial charge on any atom is 0.152 e. The van der Waals surface area contributed by atoms with Gasteiger partial charge in [0.15, 0.2) is 5.60 Å². The number of nitrogens with one attached hydrogen (secondary N) is 1. The molecule has 3 unspecified atom stereocenters. The highest BCUT2D eigenvalue weighted by molar-refractivity contribution is 5.51. The molecule has 0 aromatic heterocycles. The van der Waals surface area contributed by atoms with Crippen molar-refractivity contribution < 1.29 is 14.6 Å². The minimum absolute atomic E-state index is 0.141. The highest BCUT2D eigenvalue weighted by atomic mass is 16.6. The van der Waals surface area contributed by atoms with Crippen molar-refractivity contribution in [2.45, 2.75) is 24.2 Å². The van der Waals surface area contributed by atoms with Crippen LogP contribution in [-0.4, -0.2) is 30.0 Å². The fourth-order valence-corrected chi connectivity index (χ4v) is 3.40. The van der Waals surface area contributed by atoms with E-state index in [1.807, 2.05) is 54.6 Å². The minimum atomic E-state index is -0.732. The Balaban J connectivity index is 1.77. The Morgan fingerprint density at radius 1 is 1.05 bits per heavy atom. The third-order valence-corrected chi connectivity index (χ3v) is 4.58. The molecular weight excluding hydrogens is 278 g/mol. The molecule has 2 heterocycles. The smallest absolute Gasteiger partial charge is 0.152 e. The second-order valence-electron chi connectivity index (χ2n) is 5.88. The van der Waals surface area contributed by atoms with Crippen LogP contribution in [0.3, 0.4) is 0 Å². The average Bonchev–Trinajstić information content (AvgIpc) is 2.93. The van der Waals surface area contributed by atoms with Crippen LogP contribution in [0.5, 0.6) is 5.75 Å². The maximum atomic E-state index is 10.5. The van der Waals surface area contributed by atoms with Gasteiger partial charge in [-0.15, -0.1) is 0 Å². The third-order valence-electron chi connectivity index (χ3n) is 4.58. The molecule has 2 aromatic carbocycles. The molecule has 0 aliphatic carbocycles. The lowest BCUT2D eigenvalue weighted by molar-refractivity contribution is -0.105. The number of hydrogen-bond donors (Lipinski definition) is 2. The fourth-order valence-electron chi connectivity index (χ4n) is 3.40. The number of aliphatic hydroxyl groups excluding tert-OH is 1. The van der Waals surface area contributed by atoms with Crippen molar-refractivity contribution in [2.75, 3.05) is 18.5 Å². The average molecular weight is 297 g/mol. The summed E-state index contributed by atoms with van der Waals surface area (Å²) in [4.78, 5) is 0. The molecule has 0 amide bonds. The minimum Gasteiger partial charge on any atom is -0.490 e. The lowest BCUT2D eigenvalue weighted by Crippen LogP contribution is -2.54. The van der Waals surface area contributed by atoms with Gasteiger partial charge in [-0.3, -0.25) is 0 Å². The predicted octanol–water partition coefficient (Wildman–Crippen LogP) is 2.75. The Hall–Kier alpha value is -2.04. The van der Waals surface area contributed by atoms with Crippen LogP contribution in [0, 0.1) is 0 Å². The first-order valence-electron chi connectivity index (χ1n) is 7.65. The summed E-state index contributed by atoms with van der Waals surface area (Å²) in [7, 11) is 0. The summed E-state index contributed by atoms with van der Waals surface area (Å²) in [5.41, 5.74) is 1.30. The van der Waals surface area contributed by atoms with Gasteiger partial charge < -0.3 is 19.9 Å². The molecule has 0 radical (unpaired) electrons. The molecule has 2 aliphatic rings. The van der Waals surface area contributed by atoms with Crippen molar-refractivity contribution in [1.29, 1.82) is 0 Å². The monoisotopic (exact) mass is 297 g/mol. The standard InChI is InChI=1S/C18H19NO3/c20-16-10-11-22-18(16)12-21-15-9-5-4-8-14(15)17(18)19-13-6-2-1-3-7-13/h1-9,16-17,19-20H,10-12H2. The summed E-state index contributed by atoms with van der Waals surface area (Å²) >= 11 is 0. The van der Waals surface area contributed by atoms with Crippen LogP contribution in [0.25, 0.3) is 0 Å². The van der Waals surface area contributed by atoms with E-state index in [1.54, 1.807) is 0 Å². The number of aliphatic hydroxyl groups is 1. The zero-order valence-corrected chi connectivity index (χ0v) is 12.2. The molecule has 22 heavy (non-hydrogen) atoms. The molecule has 0 saturated carbocycles. The van der Waals surface area contributed by atoms with E-state index in [1.165, 1.54) is 0 Å². The van der Waals surface area contributed by atoms with Crippen molar-refractivity contribution in [1.82, 2.24) is 0 Å². The Kier molecular flexibility index (Phi) is 3.28. The first kappa shape index (κ1) is 13.6. The van der Waals surface area contributed by atoms with Crippen LogP contribution in [0.4, 0.5) is 5.69 Å². The molecule has 114 valence electrons. The highest BCUT2D eigenvalue weighted by Gasteiger charge is 2.54. The number of fused-ring (bicyclic) bond motifs is 1. The van der Waals surface area contributed by atoms with E-state index in [0.717, 1.165) is 17.0 Å².